The molecule has 4 nitrogen and oxygen atoms in total. The highest BCUT2D eigenvalue weighted by atomic mass is 79.9. The van der Waals surface area contributed by atoms with Gasteiger partial charge >= 0.3 is 0 Å². The number of halogens is 2. The number of benzene rings is 3. The fraction of sp³-hybridized carbons (Fsp3) is 0.471. The van der Waals surface area contributed by atoms with Gasteiger partial charge in [0, 0.05) is 5.56 Å². The Balaban J connectivity index is 1.34. The summed E-state index contributed by atoms with van der Waals surface area (Å²) >= 11 is 3.22. The number of ether oxygens (including phenoxy) is 3. The van der Waals surface area contributed by atoms with Gasteiger partial charge in [0.05, 0.1) is 31.8 Å². The Morgan fingerprint density at radius 2 is 1.35 bits per heavy atom. The molecule has 0 unspecified atom stereocenters. The lowest BCUT2D eigenvalue weighted by Crippen LogP contribution is -2.41. The lowest BCUT2D eigenvalue weighted by Gasteiger charge is -2.33. The summed E-state index contributed by atoms with van der Waals surface area (Å²) in [5.41, 5.74) is 3.90. The maximum absolute atomic E-state index is 13.4. The molecule has 6 heteroatoms. The summed E-state index contributed by atoms with van der Waals surface area (Å²) in [5, 5.41) is 0. The molecular weight excluding hydrogens is 569 g/mol. The van der Waals surface area contributed by atoms with Crippen molar-refractivity contribution in [1.82, 2.24) is 0 Å². The number of rotatable bonds is 14. The van der Waals surface area contributed by atoms with Crippen LogP contribution in [0.15, 0.2) is 71.2 Å². The van der Waals surface area contributed by atoms with Crippen LogP contribution in [0.1, 0.15) is 57.7 Å². The van der Waals surface area contributed by atoms with E-state index in [0.717, 1.165) is 41.1 Å². The fourth-order valence-corrected chi connectivity index (χ4v) is 5.55. The average Bonchev–Trinajstić information content (AvgIpc) is 2.86. The van der Waals surface area contributed by atoms with Gasteiger partial charge in [-0.1, -0.05) is 52.8 Å². The smallest absolute Gasteiger partial charge is 0.137 e. The number of nitrogens with zero attached hydrogens (tertiary/aromatic N) is 1. The average molecular weight is 616 g/mol. The van der Waals surface area contributed by atoms with E-state index < -0.39 is 0 Å². The number of hydrogen-bond donors (Lipinski definition) is 0. The van der Waals surface area contributed by atoms with E-state index in [1.54, 1.807) is 12.1 Å². The van der Waals surface area contributed by atoms with Crippen molar-refractivity contribution in [1.29, 1.82) is 0 Å². The van der Waals surface area contributed by atoms with Crippen molar-refractivity contribution < 1.29 is 23.1 Å². The van der Waals surface area contributed by atoms with Crippen molar-refractivity contribution >= 4 is 15.9 Å². The van der Waals surface area contributed by atoms with Crippen LogP contribution in [0, 0.1) is 11.2 Å². The van der Waals surface area contributed by atoms with Gasteiger partial charge in [-0.3, -0.25) is 0 Å². The molecule has 0 atom stereocenters. The maximum Gasteiger partial charge on any atom is 0.137 e. The molecule has 0 N–H and O–H groups in total. The minimum atomic E-state index is -0.274. The Labute approximate surface area is 249 Å². The van der Waals surface area contributed by atoms with Gasteiger partial charge < -0.3 is 18.7 Å². The van der Waals surface area contributed by atoms with Gasteiger partial charge in [-0.15, -0.1) is 0 Å². The summed E-state index contributed by atoms with van der Waals surface area (Å²) in [6.45, 7) is 15.4. The number of hydrogen-bond acceptors (Lipinski definition) is 3. The highest BCUT2D eigenvalue weighted by molar-refractivity contribution is 9.10. The minimum Gasteiger partial charge on any atom is -0.491 e. The predicted octanol–water partition coefficient (Wildman–Crippen LogP) is 8.55. The van der Waals surface area contributed by atoms with E-state index in [-0.39, 0.29) is 16.6 Å². The standard InChI is InChI=1S/C34H46BrFNO3/c1-33(2,3)25-34(4,5)28-11-15-29(16-12-28)39-21-20-38-19-18-37(6,7)23-26-8-13-30(14-9-26)40-24-27-10-17-32(36)31(35)22-27/h8-17,22H,18-21,23-25H2,1-7H3/q+1. The molecule has 0 bridgehead atoms. The van der Waals surface area contributed by atoms with Crippen molar-refractivity contribution in [2.75, 3.05) is 40.5 Å². The first-order valence-electron chi connectivity index (χ1n) is 14.0. The first kappa shape index (κ1) is 32.1. The van der Waals surface area contributed by atoms with E-state index in [1.165, 1.54) is 17.2 Å². The Bertz CT molecular complexity index is 1200. The third-order valence-corrected chi connectivity index (χ3v) is 7.48. The molecule has 0 heterocycles. The van der Waals surface area contributed by atoms with Crippen molar-refractivity contribution in [3.05, 3.63) is 93.7 Å². The summed E-state index contributed by atoms with van der Waals surface area (Å²) in [5.74, 6) is 1.40. The molecule has 3 aromatic carbocycles. The van der Waals surface area contributed by atoms with Crippen LogP contribution in [-0.2, 0) is 23.3 Å². The zero-order valence-corrected chi connectivity index (χ0v) is 26.8. The topological polar surface area (TPSA) is 27.7 Å². The molecule has 40 heavy (non-hydrogen) atoms. The van der Waals surface area contributed by atoms with Crippen LogP contribution in [0.3, 0.4) is 0 Å². The minimum absolute atomic E-state index is 0.129. The Morgan fingerprint density at radius 1 is 0.750 bits per heavy atom. The second-order valence-electron chi connectivity index (χ2n) is 13.1. The second-order valence-corrected chi connectivity index (χ2v) is 14.0. The van der Waals surface area contributed by atoms with Crippen LogP contribution in [0.25, 0.3) is 0 Å². The van der Waals surface area contributed by atoms with Crippen LogP contribution in [0.4, 0.5) is 4.39 Å². The molecule has 0 saturated carbocycles. The number of quaternary nitrogens is 1. The van der Waals surface area contributed by atoms with Crippen LogP contribution in [-0.4, -0.2) is 44.9 Å². The summed E-state index contributed by atoms with van der Waals surface area (Å²) in [7, 11) is 4.42. The molecule has 0 fully saturated rings. The Kier molecular flexibility index (Phi) is 11.2. The quantitative estimate of drug-likeness (QED) is 0.134. The van der Waals surface area contributed by atoms with Crippen molar-refractivity contribution in [2.24, 2.45) is 5.41 Å². The third-order valence-electron chi connectivity index (χ3n) is 6.87. The lowest BCUT2D eigenvalue weighted by atomic mass is 9.72. The molecule has 0 spiro atoms. The van der Waals surface area contributed by atoms with E-state index in [0.29, 0.717) is 30.9 Å². The van der Waals surface area contributed by atoms with E-state index in [9.17, 15) is 4.39 Å². The zero-order valence-electron chi connectivity index (χ0n) is 25.2. The zero-order chi connectivity index (χ0) is 29.4. The molecular formula is C34H46BrFNO3+. The van der Waals surface area contributed by atoms with Gasteiger partial charge in [-0.2, -0.15) is 0 Å². The second kappa shape index (κ2) is 14.0. The third kappa shape index (κ3) is 10.9. The molecule has 0 aromatic heterocycles. The predicted molar refractivity (Wildman–Crippen MR) is 165 cm³/mol. The SMILES string of the molecule is CC(C)(C)CC(C)(C)c1ccc(OCCOCC[N+](C)(C)Cc2ccc(OCc3ccc(F)c(Br)c3)cc2)cc1. The molecule has 0 aliphatic rings. The molecule has 0 radical (unpaired) electrons. The number of likely N-dealkylation sites (N-methyl/N-ethyl adjacent to an activating group) is 1. The fourth-order valence-electron chi connectivity index (χ4n) is 5.12. The normalized spacial score (nSPS) is 12.4. The van der Waals surface area contributed by atoms with Gasteiger partial charge in [0.25, 0.3) is 0 Å². The van der Waals surface area contributed by atoms with Crippen molar-refractivity contribution in [3.8, 4) is 11.5 Å². The summed E-state index contributed by atoms with van der Waals surface area (Å²) in [6, 6.07) is 21.6. The van der Waals surface area contributed by atoms with Crippen molar-refractivity contribution in [2.45, 2.75) is 59.6 Å². The summed E-state index contributed by atoms with van der Waals surface area (Å²) < 4.78 is 32.3. The first-order valence-corrected chi connectivity index (χ1v) is 14.8. The molecule has 3 aromatic rings. The Hall–Kier alpha value is -2.41. The van der Waals surface area contributed by atoms with E-state index in [1.807, 2.05) is 12.1 Å². The molecule has 218 valence electrons. The molecule has 0 aliphatic heterocycles. The van der Waals surface area contributed by atoms with Gasteiger partial charge in [-0.05, 0) is 92.8 Å². The first-order chi connectivity index (χ1) is 18.7. The largest absolute Gasteiger partial charge is 0.491 e. The van der Waals surface area contributed by atoms with Crippen LogP contribution in [0.5, 0.6) is 11.5 Å². The Morgan fingerprint density at radius 3 is 1.98 bits per heavy atom. The molecule has 3 rings (SSSR count). The van der Waals surface area contributed by atoms with E-state index in [2.05, 4.69) is 101 Å². The maximum atomic E-state index is 13.4. The van der Waals surface area contributed by atoms with Gasteiger partial charge in [-0.25, -0.2) is 4.39 Å². The van der Waals surface area contributed by atoms with Gasteiger partial charge in [0.15, 0.2) is 0 Å². The van der Waals surface area contributed by atoms with E-state index >= 15 is 0 Å². The van der Waals surface area contributed by atoms with Gasteiger partial charge in [0.2, 0.25) is 0 Å². The van der Waals surface area contributed by atoms with Crippen molar-refractivity contribution in [3.63, 3.8) is 0 Å². The van der Waals surface area contributed by atoms with Crippen LogP contribution >= 0.6 is 15.9 Å². The summed E-state index contributed by atoms with van der Waals surface area (Å²) in [4.78, 5) is 0. The molecule has 0 aliphatic carbocycles. The highest BCUT2D eigenvalue weighted by Crippen LogP contribution is 2.36. The van der Waals surface area contributed by atoms with Crippen LogP contribution < -0.4 is 9.47 Å². The van der Waals surface area contributed by atoms with E-state index in [4.69, 9.17) is 14.2 Å². The summed E-state index contributed by atoms with van der Waals surface area (Å²) in [6.07, 6.45) is 1.12. The monoisotopic (exact) mass is 614 g/mol. The van der Waals surface area contributed by atoms with Gasteiger partial charge in [0.1, 0.15) is 43.6 Å². The lowest BCUT2D eigenvalue weighted by molar-refractivity contribution is -0.904. The molecule has 0 saturated heterocycles. The van der Waals surface area contributed by atoms with Crippen LogP contribution in [0.2, 0.25) is 0 Å². The molecule has 0 amide bonds. The highest BCUT2D eigenvalue weighted by Gasteiger charge is 2.27.